The lowest BCUT2D eigenvalue weighted by Gasteiger charge is -2.39. The Kier molecular flexibility index (Phi) is 6.12. The molecule has 3 aromatic rings. The highest BCUT2D eigenvalue weighted by Gasteiger charge is 2.64. The Hall–Kier alpha value is -3.30. The Balaban J connectivity index is 1.70. The van der Waals surface area contributed by atoms with Crippen molar-refractivity contribution in [2.75, 3.05) is 17.3 Å². The summed E-state index contributed by atoms with van der Waals surface area (Å²) >= 11 is 12.8. The van der Waals surface area contributed by atoms with Crippen molar-refractivity contribution in [2.45, 2.75) is 57.5 Å². The van der Waals surface area contributed by atoms with E-state index in [1.807, 2.05) is 56.5 Å². The van der Waals surface area contributed by atoms with Crippen LogP contribution in [0.15, 0.2) is 54.3 Å². The highest BCUT2D eigenvalue weighted by Crippen LogP contribution is 2.58. The number of imidazole rings is 1. The van der Waals surface area contributed by atoms with Gasteiger partial charge in [-0.25, -0.2) is 4.98 Å². The van der Waals surface area contributed by atoms with Gasteiger partial charge in [0, 0.05) is 38.6 Å². The third-order valence-electron chi connectivity index (χ3n) is 7.96. The van der Waals surface area contributed by atoms with E-state index in [4.69, 9.17) is 38.7 Å². The zero-order chi connectivity index (χ0) is 28.7. The average molecular weight is 581 g/mol. The zero-order valence-electron chi connectivity index (χ0n) is 22.9. The fourth-order valence-electron chi connectivity index (χ4n) is 6.23. The minimum atomic E-state index is -1.45. The number of hydrogen-bond acceptors (Lipinski definition) is 6. The fourth-order valence-corrected chi connectivity index (χ4v) is 6.57. The number of methoxy groups -OCH3 is 1. The van der Waals surface area contributed by atoms with Crippen molar-refractivity contribution in [3.63, 3.8) is 0 Å². The molecule has 1 spiro atoms. The molecule has 0 saturated carbocycles. The Morgan fingerprint density at radius 3 is 2.60 bits per heavy atom. The van der Waals surface area contributed by atoms with Gasteiger partial charge in [-0.2, -0.15) is 0 Å². The van der Waals surface area contributed by atoms with Gasteiger partial charge in [0.2, 0.25) is 0 Å². The first-order valence-electron chi connectivity index (χ1n) is 13.1. The van der Waals surface area contributed by atoms with Crippen LogP contribution in [0.3, 0.4) is 0 Å². The van der Waals surface area contributed by atoms with Gasteiger partial charge in [0.1, 0.15) is 17.3 Å². The van der Waals surface area contributed by atoms with Crippen molar-refractivity contribution in [3.8, 4) is 0 Å². The van der Waals surface area contributed by atoms with Gasteiger partial charge in [0.15, 0.2) is 11.8 Å². The zero-order valence-corrected chi connectivity index (χ0v) is 24.4. The quantitative estimate of drug-likeness (QED) is 0.359. The first-order chi connectivity index (χ1) is 18.9. The number of aliphatic hydroxyl groups excluding tert-OH is 1. The normalized spacial score (nSPS) is 25.2. The van der Waals surface area contributed by atoms with Crippen LogP contribution in [0.2, 0.25) is 10.0 Å². The molecule has 1 aromatic heterocycles. The largest absolute Gasteiger partial charge is 0.496 e. The molecule has 2 aliphatic heterocycles. The minimum absolute atomic E-state index is 0.134. The van der Waals surface area contributed by atoms with Crippen LogP contribution in [0.1, 0.15) is 67.8 Å². The van der Waals surface area contributed by atoms with Crippen LogP contribution >= 0.6 is 23.2 Å². The molecule has 10 heteroatoms. The molecule has 8 nitrogen and oxygen atoms in total. The number of fused-ring (bicyclic) bond motifs is 4. The maximum atomic E-state index is 14.4. The van der Waals surface area contributed by atoms with Crippen molar-refractivity contribution in [1.29, 1.82) is 0 Å². The number of allylic oxidation sites excluding steroid dienone is 1. The van der Waals surface area contributed by atoms with Crippen LogP contribution in [0, 0.1) is 6.92 Å². The lowest BCUT2D eigenvalue weighted by molar-refractivity contribution is -0.120. The molecule has 3 atom stereocenters. The van der Waals surface area contributed by atoms with Crippen molar-refractivity contribution in [3.05, 3.63) is 92.7 Å². The van der Waals surface area contributed by atoms with Gasteiger partial charge >= 0.3 is 0 Å². The fraction of sp³-hybridized carbons (Fsp3) is 0.333. The van der Waals surface area contributed by atoms with Gasteiger partial charge in [0.25, 0.3) is 5.91 Å². The molecule has 6 rings (SSSR count). The molecular formula is C30H31Cl2N5O3. The number of carbonyl (C=O) groups excluding carboxylic acids is 1. The first kappa shape index (κ1) is 26.9. The smallest absolute Gasteiger partial charge is 0.261 e. The predicted molar refractivity (Wildman–Crippen MR) is 157 cm³/mol. The molecule has 1 amide bonds. The van der Waals surface area contributed by atoms with E-state index < -0.39 is 17.3 Å². The molecule has 3 aliphatic rings. The van der Waals surface area contributed by atoms with Crippen LogP contribution in [-0.2, 0) is 15.1 Å². The predicted octanol–water partition coefficient (Wildman–Crippen LogP) is 5.82. The van der Waals surface area contributed by atoms with E-state index in [-0.39, 0.29) is 11.9 Å². The summed E-state index contributed by atoms with van der Waals surface area (Å²) in [6.07, 6.45) is 3.22. The molecule has 0 fully saturated rings. The van der Waals surface area contributed by atoms with Gasteiger partial charge in [0.05, 0.1) is 18.4 Å². The summed E-state index contributed by atoms with van der Waals surface area (Å²) in [6, 6.07) is 10.6. The molecule has 3 heterocycles. The number of nitrogens with two attached hydrogens (primary N) is 1. The molecule has 0 radical (unpaired) electrons. The van der Waals surface area contributed by atoms with E-state index in [1.165, 1.54) is 0 Å². The molecular weight excluding hydrogens is 549 g/mol. The number of nitrogens with one attached hydrogen (secondary N) is 1. The van der Waals surface area contributed by atoms with E-state index >= 15 is 0 Å². The number of nitrogens with zero attached hydrogens (tertiary/aromatic N) is 3. The number of rotatable bonds is 4. The van der Waals surface area contributed by atoms with Crippen LogP contribution in [-0.4, -0.2) is 33.2 Å². The summed E-state index contributed by atoms with van der Waals surface area (Å²) in [5, 5.41) is 16.1. The average Bonchev–Trinajstić information content (AvgIpc) is 3.49. The van der Waals surface area contributed by atoms with Crippen molar-refractivity contribution >= 4 is 46.1 Å². The van der Waals surface area contributed by atoms with Crippen LogP contribution in [0.4, 0.5) is 11.4 Å². The third-order valence-corrected chi connectivity index (χ3v) is 8.43. The molecule has 3 unspecified atom stereocenters. The summed E-state index contributed by atoms with van der Waals surface area (Å²) in [4.78, 5) is 21.1. The Morgan fingerprint density at radius 2 is 1.90 bits per heavy atom. The van der Waals surface area contributed by atoms with Crippen molar-refractivity contribution < 1.29 is 14.6 Å². The summed E-state index contributed by atoms with van der Waals surface area (Å²) in [6.45, 7) is 7.91. The highest BCUT2D eigenvalue weighted by atomic mass is 35.5. The van der Waals surface area contributed by atoms with E-state index in [0.29, 0.717) is 56.4 Å². The Labute approximate surface area is 243 Å². The van der Waals surface area contributed by atoms with Gasteiger partial charge in [-0.05, 0) is 70.0 Å². The Morgan fingerprint density at radius 1 is 1.20 bits per heavy atom. The maximum Gasteiger partial charge on any atom is 0.261 e. The van der Waals surface area contributed by atoms with E-state index in [2.05, 4.69) is 5.32 Å². The molecule has 208 valence electrons. The minimum Gasteiger partial charge on any atom is -0.496 e. The van der Waals surface area contributed by atoms with E-state index in [9.17, 15) is 9.90 Å². The number of aromatic nitrogens is 2. The van der Waals surface area contributed by atoms with Gasteiger partial charge in [-0.15, -0.1) is 0 Å². The van der Waals surface area contributed by atoms with Gasteiger partial charge in [-0.3, -0.25) is 4.79 Å². The van der Waals surface area contributed by atoms with E-state index in [0.717, 1.165) is 11.1 Å². The van der Waals surface area contributed by atoms with Crippen LogP contribution in [0.25, 0.3) is 5.57 Å². The number of hydrogen-bond donors (Lipinski definition) is 3. The number of aryl methyl sites for hydroxylation is 1. The van der Waals surface area contributed by atoms with E-state index in [1.54, 1.807) is 36.3 Å². The number of ether oxygens (including phenoxy) is 1. The van der Waals surface area contributed by atoms with Crippen LogP contribution in [0.5, 0.6) is 0 Å². The molecule has 0 bridgehead atoms. The second kappa shape index (κ2) is 9.11. The molecule has 40 heavy (non-hydrogen) atoms. The second-order valence-corrected chi connectivity index (χ2v) is 12.1. The Bertz CT molecular complexity index is 1640. The number of amides is 1. The standard InChI is InChI=1S/C30H31Cl2N5O3/c1-15(2)36-25-24(35-26(36)19-10-11-29(4,33)14-23(19)40-5)27(38)37(22-13-18(32)7-6-16(22)3)30(25)20-9-8-17(31)12-21(20)34-28(30)39/h6-10,12-15,27,38H,11,33H2,1-5H3,(H,34,39). The van der Waals surface area contributed by atoms with Gasteiger partial charge < -0.3 is 30.4 Å². The lowest BCUT2D eigenvalue weighted by atomic mass is 9.86. The molecule has 2 aromatic carbocycles. The number of carbonyl (C=O) groups is 1. The number of aliphatic hydroxyl groups is 1. The summed E-state index contributed by atoms with van der Waals surface area (Å²) in [7, 11) is 1.60. The van der Waals surface area contributed by atoms with Crippen LogP contribution < -0.4 is 16.0 Å². The number of halogens is 2. The van der Waals surface area contributed by atoms with Crippen molar-refractivity contribution in [1.82, 2.24) is 9.55 Å². The number of anilines is 2. The summed E-state index contributed by atoms with van der Waals surface area (Å²) < 4.78 is 7.79. The highest BCUT2D eigenvalue weighted by molar-refractivity contribution is 6.31. The molecule has 1 aliphatic carbocycles. The number of benzene rings is 2. The summed E-state index contributed by atoms with van der Waals surface area (Å²) in [5.41, 5.74) is 8.84. The maximum absolute atomic E-state index is 14.4. The monoisotopic (exact) mass is 579 g/mol. The lowest BCUT2D eigenvalue weighted by Crippen LogP contribution is -2.51. The van der Waals surface area contributed by atoms with Crippen molar-refractivity contribution in [2.24, 2.45) is 5.73 Å². The third kappa shape index (κ3) is 3.66. The molecule has 0 saturated heterocycles. The first-order valence-corrected chi connectivity index (χ1v) is 13.9. The molecule has 4 N–H and O–H groups in total. The SMILES string of the molecule is COC1=CC(C)(N)CC=C1c1nc2c(n1C(C)C)C1(C(=O)Nc3cc(Cl)ccc31)N(c1cc(Cl)ccc1C)C2O. The second-order valence-electron chi connectivity index (χ2n) is 11.2. The topological polar surface area (TPSA) is 106 Å². The van der Waals surface area contributed by atoms with Gasteiger partial charge in [-0.1, -0.05) is 41.4 Å². The summed E-state index contributed by atoms with van der Waals surface area (Å²) in [5.74, 6) is 0.876.